The predicted octanol–water partition coefficient (Wildman–Crippen LogP) is 3.16. The first-order chi connectivity index (χ1) is 8.94. The fourth-order valence-electron chi connectivity index (χ4n) is 2.04. The molecule has 0 spiro atoms. The lowest BCUT2D eigenvalue weighted by atomic mass is 9.91. The van der Waals surface area contributed by atoms with Gasteiger partial charge in [-0.15, -0.1) is 0 Å². The molecule has 0 rings (SSSR count). The SMILES string of the molecule is CCC(CC)C(=O)OOOC(CC)(CC)CC(C)O. The number of rotatable bonds is 10. The maximum absolute atomic E-state index is 11.6. The summed E-state index contributed by atoms with van der Waals surface area (Å²) in [6.07, 6.45) is 2.67. The molecule has 0 aliphatic heterocycles. The molecule has 0 saturated carbocycles. The number of aliphatic hydroxyl groups is 1. The smallest absolute Gasteiger partial charge is 0.348 e. The molecule has 0 bridgehead atoms. The minimum absolute atomic E-state index is 0.169. The lowest BCUT2D eigenvalue weighted by Crippen LogP contribution is -2.35. The summed E-state index contributed by atoms with van der Waals surface area (Å²) in [6, 6.07) is 0. The summed E-state index contributed by atoms with van der Waals surface area (Å²) in [5, 5.41) is 14.1. The van der Waals surface area contributed by atoms with E-state index in [2.05, 4.69) is 9.93 Å². The molecule has 0 aromatic rings. The second-order valence-electron chi connectivity index (χ2n) is 5.01. The van der Waals surface area contributed by atoms with Gasteiger partial charge < -0.3 is 5.11 Å². The van der Waals surface area contributed by atoms with E-state index in [-0.39, 0.29) is 5.92 Å². The molecule has 0 fully saturated rings. The van der Waals surface area contributed by atoms with Crippen molar-refractivity contribution in [3.8, 4) is 0 Å². The van der Waals surface area contributed by atoms with Gasteiger partial charge in [-0.05, 0) is 37.6 Å². The van der Waals surface area contributed by atoms with Crippen LogP contribution in [0.4, 0.5) is 0 Å². The van der Waals surface area contributed by atoms with Crippen LogP contribution in [0.3, 0.4) is 0 Å². The fraction of sp³-hybridized carbons (Fsp3) is 0.929. The first-order valence-corrected chi connectivity index (χ1v) is 7.18. The normalized spacial score (nSPS) is 13.6. The molecule has 0 amide bonds. The van der Waals surface area contributed by atoms with E-state index >= 15 is 0 Å². The van der Waals surface area contributed by atoms with E-state index in [1.165, 1.54) is 0 Å². The third-order valence-corrected chi connectivity index (χ3v) is 3.60. The summed E-state index contributed by atoms with van der Waals surface area (Å²) in [4.78, 5) is 21.5. The second kappa shape index (κ2) is 9.28. The molecule has 19 heavy (non-hydrogen) atoms. The maximum Gasteiger partial charge on any atom is 0.348 e. The standard InChI is InChI=1S/C14H28O5/c1-6-12(7-2)13(16)17-19-18-14(8-3,9-4)10-11(5)15/h11-12,15H,6-10H2,1-5H3. The Kier molecular flexibility index (Phi) is 8.97. The largest absolute Gasteiger partial charge is 0.393 e. The Hall–Kier alpha value is -0.650. The van der Waals surface area contributed by atoms with Crippen LogP contribution >= 0.6 is 0 Å². The Morgan fingerprint density at radius 2 is 1.68 bits per heavy atom. The second-order valence-corrected chi connectivity index (χ2v) is 5.01. The van der Waals surface area contributed by atoms with Gasteiger partial charge >= 0.3 is 5.97 Å². The highest BCUT2D eigenvalue weighted by atomic mass is 17.5. The van der Waals surface area contributed by atoms with E-state index < -0.39 is 17.7 Å². The quantitative estimate of drug-likeness (QED) is 0.490. The molecule has 0 radical (unpaired) electrons. The van der Waals surface area contributed by atoms with E-state index in [1.807, 2.05) is 27.7 Å². The Labute approximate surface area is 116 Å². The number of carbonyl (C=O) groups excluding carboxylic acids is 1. The van der Waals surface area contributed by atoms with Crippen molar-refractivity contribution in [2.75, 3.05) is 0 Å². The van der Waals surface area contributed by atoms with Crippen LogP contribution in [-0.2, 0) is 19.6 Å². The molecule has 5 nitrogen and oxygen atoms in total. The molecule has 1 unspecified atom stereocenters. The van der Waals surface area contributed by atoms with Crippen LogP contribution in [0.5, 0.6) is 0 Å². The van der Waals surface area contributed by atoms with Crippen molar-refractivity contribution < 1.29 is 24.7 Å². The van der Waals surface area contributed by atoms with Crippen molar-refractivity contribution in [3.05, 3.63) is 0 Å². The Morgan fingerprint density at radius 1 is 1.16 bits per heavy atom. The van der Waals surface area contributed by atoms with E-state index in [9.17, 15) is 9.90 Å². The van der Waals surface area contributed by atoms with Gasteiger partial charge in [-0.3, -0.25) is 4.89 Å². The monoisotopic (exact) mass is 276 g/mol. The van der Waals surface area contributed by atoms with E-state index in [0.29, 0.717) is 32.1 Å². The van der Waals surface area contributed by atoms with Crippen LogP contribution in [0.1, 0.15) is 66.7 Å². The van der Waals surface area contributed by atoms with Crippen LogP contribution in [-0.4, -0.2) is 22.8 Å². The van der Waals surface area contributed by atoms with Crippen LogP contribution in [0, 0.1) is 5.92 Å². The highest BCUT2D eigenvalue weighted by molar-refractivity contribution is 5.71. The van der Waals surface area contributed by atoms with Gasteiger partial charge in [0.15, 0.2) is 0 Å². The van der Waals surface area contributed by atoms with Gasteiger partial charge in [0.2, 0.25) is 0 Å². The zero-order chi connectivity index (χ0) is 14.9. The number of carbonyl (C=O) groups is 1. The highest BCUT2D eigenvalue weighted by Gasteiger charge is 2.31. The van der Waals surface area contributed by atoms with Gasteiger partial charge in [0, 0.05) is 6.42 Å². The van der Waals surface area contributed by atoms with Gasteiger partial charge in [0.25, 0.3) is 0 Å². The lowest BCUT2D eigenvalue weighted by Gasteiger charge is -2.30. The molecule has 0 aliphatic rings. The minimum Gasteiger partial charge on any atom is -0.393 e. The molecular weight excluding hydrogens is 248 g/mol. The van der Waals surface area contributed by atoms with Crippen LogP contribution in [0.25, 0.3) is 0 Å². The zero-order valence-corrected chi connectivity index (χ0v) is 12.8. The summed E-state index contributed by atoms with van der Waals surface area (Å²) < 4.78 is 0. The van der Waals surface area contributed by atoms with Gasteiger partial charge in [0.05, 0.1) is 12.0 Å². The molecule has 114 valence electrons. The molecule has 0 aromatic heterocycles. The average molecular weight is 276 g/mol. The molecule has 1 atom stereocenters. The molecule has 0 aliphatic carbocycles. The third-order valence-electron chi connectivity index (χ3n) is 3.60. The summed E-state index contributed by atoms with van der Waals surface area (Å²) in [7, 11) is 0. The average Bonchev–Trinajstić information content (AvgIpc) is 2.38. The Balaban J connectivity index is 4.30. The summed E-state index contributed by atoms with van der Waals surface area (Å²) in [6.45, 7) is 9.42. The van der Waals surface area contributed by atoms with Crippen LogP contribution in [0.15, 0.2) is 0 Å². The predicted molar refractivity (Wildman–Crippen MR) is 71.9 cm³/mol. The van der Waals surface area contributed by atoms with Gasteiger partial charge in [-0.2, -0.15) is 4.89 Å². The zero-order valence-electron chi connectivity index (χ0n) is 12.8. The molecular formula is C14H28O5. The molecule has 0 aromatic carbocycles. The van der Waals surface area contributed by atoms with Crippen LogP contribution < -0.4 is 0 Å². The Bertz CT molecular complexity index is 244. The molecule has 5 heteroatoms. The van der Waals surface area contributed by atoms with Crippen molar-refractivity contribution in [2.45, 2.75) is 78.4 Å². The fourth-order valence-corrected chi connectivity index (χ4v) is 2.04. The minimum atomic E-state index is -0.623. The summed E-state index contributed by atoms with van der Waals surface area (Å²) >= 11 is 0. The van der Waals surface area contributed by atoms with E-state index in [1.54, 1.807) is 6.92 Å². The van der Waals surface area contributed by atoms with Crippen molar-refractivity contribution in [3.63, 3.8) is 0 Å². The molecule has 0 saturated heterocycles. The van der Waals surface area contributed by atoms with Crippen LogP contribution in [0.2, 0.25) is 0 Å². The van der Waals surface area contributed by atoms with Gasteiger partial charge in [-0.25, -0.2) is 4.79 Å². The lowest BCUT2D eigenvalue weighted by molar-refractivity contribution is -0.524. The van der Waals surface area contributed by atoms with Crippen molar-refractivity contribution >= 4 is 5.97 Å². The number of aliphatic hydroxyl groups excluding tert-OH is 1. The number of hydrogen-bond acceptors (Lipinski definition) is 5. The first-order valence-electron chi connectivity index (χ1n) is 7.18. The maximum atomic E-state index is 11.6. The van der Waals surface area contributed by atoms with E-state index in [4.69, 9.17) is 4.89 Å². The topological polar surface area (TPSA) is 65.0 Å². The van der Waals surface area contributed by atoms with Crippen molar-refractivity contribution in [2.24, 2.45) is 5.92 Å². The van der Waals surface area contributed by atoms with Gasteiger partial charge in [-0.1, -0.05) is 27.7 Å². The summed E-state index contributed by atoms with van der Waals surface area (Å²) in [5.41, 5.74) is -0.623. The number of hydrogen-bond donors (Lipinski definition) is 1. The molecule has 1 N–H and O–H groups in total. The Morgan fingerprint density at radius 3 is 2.05 bits per heavy atom. The van der Waals surface area contributed by atoms with Crippen molar-refractivity contribution in [1.29, 1.82) is 0 Å². The summed E-state index contributed by atoms with van der Waals surface area (Å²) in [5.74, 6) is -0.582. The van der Waals surface area contributed by atoms with Crippen molar-refractivity contribution in [1.82, 2.24) is 0 Å². The van der Waals surface area contributed by atoms with Gasteiger partial charge in [0.1, 0.15) is 5.60 Å². The first kappa shape index (κ1) is 18.4. The molecule has 0 heterocycles. The third kappa shape index (κ3) is 6.36. The highest BCUT2D eigenvalue weighted by Crippen LogP contribution is 2.27. The van der Waals surface area contributed by atoms with E-state index in [0.717, 1.165) is 0 Å².